The minimum absolute atomic E-state index is 0.0288. The molecule has 1 aliphatic heterocycles. The number of aliphatic hydroxyl groups excluding tert-OH is 1. The van der Waals surface area contributed by atoms with Crippen LogP contribution in [-0.2, 0) is 4.74 Å². The number of ether oxygens (including phenoxy) is 1. The molecular formula is C8H16O2Si. The summed E-state index contributed by atoms with van der Waals surface area (Å²) < 4.78 is 5.63. The highest BCUT2D eigenvalue weighted by Crippen LogP contribution is 2.22. The summed E-state index contributed by atoms with van der Waals surface area (Å²) in [6.07, 6.45) is 7.41. The zero-order chi connectivity index (χ0) is 8.16. The fourth-order valence-corrected chi connectivity index (χ4v) is 2.18. The fourth-order valence-electron chi connectivity index (χ4n) is 1.39. The predicted molar refractivity (Wildman–Crippen MR) is 48.7 cm³/mol. The predicted octanol–water partition coefficient (Wildman–Crippen LogP) is -0.203. The van der Waals surface area contributed by atoms with Crippen LogP contribution in [-0.4, -0.2) is 33.8 Å². The highest BCUT2D eigenvalue weighted by atomic mass is 28.1. The first kappa shape index (κ1) is 8.97. The number of hydrogen-bond acceptors (Lipinski definition) is 2. The van der Waals surface area contributed by atoms with E-state index in [1.165, 1.54) is 12.8 Å². The van der Waals surface area contributed by atoms with Crippen LogP contribution in [0.15, 0.2) is 12.2 Å². The molecule has 1 saturated heterocycles. The van der Waals surface area contributed by atoms with Gasteiger partial charge in [-0.3, -0.25) is 0 Å². The lowest BCUT2D eigenvalue weighted by Gasteiger charge is -2.31. The molecule has 0 aromatic rings. The molecule has 1 rings (SSSR count). The molecule has 0 bridgehead atoms. The molecule has 3 heteroatoms. The van der Waals surface area contributed by atoms with Crippen molar-refractivity contribution < 1.29 is 9.84 Å². The molecule has 11 heavy (non-hydrogen) atoms. The van der Waals surface area contributed by atoms with E-state index in [1.807, 2.05) is 6.08 Å². The Labute approximate surface area is 70.7 Å². The fraction of sp³-hybridized carbons (Fsp3) is 0.750. The Morgan fingerprint density at radius 2 is 2.36 bits per heavy atom. The maximum Gasteiger partial charge on any atom is 0.0656 e. The third-order valence-corrected chi connectivity index (χ3v) is 3.20. The Morgan fingerprint density at radius 3 is 2.91 bits per heavy atom. The molecule has 0 aromatic carbocycles. The Morgan fingerprint density at radius 1 is 1.55 bits per heavy atom. The molecule has 2 nitrogen and oxygen atoms in total. The maximum atomic E-state index is 8.58. The van der Waals surface area contributed by atoms with Crippen LogP contribution in [0.4, 0.5) is 0 Å². The number of aliphatic hydroxyl groups is 1. The first-order valence-electron chi connectivity index (χ1n) is 4.19. The largest absolute Gasteiger partial charge is 0.392 e. The third kappa shape index (κ3) is 2.77. The monoisotopic (exact) mass is 172 g/mol. The second kappa shape index (κ2) is 4.04. The summed E-state index contributed by atoms with van der Waals surface area (Å²) in [6, 6.07) is 0. The smallest absolute Gasteiger partial charge is 0.0656 e. The van der Waals surface area contributed by atoms with Gasteiger partial charge in [-0.25, -0.2) is 0 Å². The molecule has 0 aromatic heterocycles. The molecule has 64 valence electrons. The van der Waals surface area contributed by atoms with E-state index in [0.29, 0.717) is 0 Å². The summed E-state index contributed by atoms with van der Waals surface area (Å²) in [5, 5.41) is 8.61. The van der Waals surface area contributed by atoms with Crippen molar-refractivity contribution in [3.63, 3.8) is 0 Å². The van der Waals surface area contributed by atoms with E-state index in [2.05, 4.69) is 0 Å². The van der Waals surface area contributed by atoms with Gasteiger partial charge in [0.1, 0.15) is 0 Å². The third-order valence-electron chi connectivity index (χ3n) is 2.08. The van der Waals surface area contributed by atoms with Crippen molar-refractivity contribution in [2.45, 2.75) is 24.5 Å². The lowest BCUT2D eigenvalue weighted by molar-refractivity contribution is 0.0150. The molecule has 1 unspecified atom stereocenters. The zero-order valence-corrected chi connectivity index (χ0v) is 9.05. The van der Waals surface area contributed by atoms with E-state index >= 15 is 0 Å². The highest BCUT2D eigenvalue weighted by Gasteiger charge is 2.23. The standard InChI is InChI=1S/C8H16O2Si/c9-6-3-5-8(11)4-1-2-7-10-8/h3,5,9H,1-2,4,6-7H2,11H3. The normalized spacial score (nSPS) is 33.2. The summed E-state index contributed by atoms with van der Waals surface area (Å²) in [6.45, 7) is 1.02. The van der Waals surface area contributed by atoms with Gasteiger partial charge in [0.15, 0.2) is 0 Å². The van der Waals surface area contributed by atoms with Gasteiger partial charge in [-0.1, -0.05) is 12.2 Å². The lowest BCUT2D eigenvalue weighted by atomic mass is 10.1. The van der Waals surface area contributed by atoms with Crippen LogP contribution in [0.2, 0.25) is 0 Å². The SMILES string of the molecule is OCC=CC1([SiH3])CCCCO1. The van der Waals surface area contributed by atoms with Crippen molar-refractivity contribution >= 4 is 10.2 Å². The number of hydrogen-bond donors (Lipinski definition) is 1. The van der Waals surface area contributed by atoms with Crippen LogP contribution in [0.25, 0.3) is 0 Å². The van der Waals surface area contributed by atoms with Gasteiger partial charge < -0.3 is 9.84 Å². The molecule has 1 fully saturated rings. The maximum absolute atomic E-state index is 8.58. The van der Waals surface area contributed by atoms with Crippen molar-refractivity contribution in [1.82, 2.24) is 0 Å². The van der Waals surface area contributed by atoms with Crippen LogP contribution in [0, 0.1) is 0 Å². The Bertz CT molecular complexity index is 139. The van der Waals surface area contributed by atoms with E-state index in [9.17, 15) is 0 Å². The minimum Gasteiger partial charge on any atom is -0.392 e. The van der Waals surface area contributed by atoms with E-state index in [-0.39, 0.29) is 11.8 Å². The van der Waals surface area contributed by atoms with Gasteiger partial charge in [0, 0.05) is 16.8 Å². The molecule has 0 radical (unpaired) electrons. The average molecular weight is 172 g/mol. The van der Waals surface area contributed by atoms with Gasteiger partial charge in [0.05, 0.1) is 11.8 Å². The molecule has 1 atom stereocenters. The van der Waals surface area contributed by atoms with E-state index in [1.54, 1.807) is 6.08 Å². The minimum atomic E-state index is 0.0288. The van der Waals surface area contributed by atoms with Crippen molar-refractivity contribution in [2.75, 3.05) is 13.2 Å². The van der Waals surface area contributed by atoms with Crippen molar-refractivity contribution in [2.24, 2.45) is 0 Å². The summed E-state index contributed by atoms with van der Waals surface area (Å²) in [4.78, 5) is 0. The highest BCUT2D eigenvalue weighted by molar-refractivity contribution is 6.16. The lowest BCUT2D eigenvalue weighted by Crippen LogP contribution is -2.34. The Kier molecular flexibility index (Phi) is 3.30. The van der Waals surface area contributed by atoms with Crippen LogP contribution >= 0.6 is 0 Å². The quantitative estimate of drug-likeness (QED) is 0.462. The van der Waals surface area contributed by atoms with Gasteiger partial charge in [0.25, 0.3) is 0 Å². The van der Waals surface area contributed by atoms with Gasteiger partial charge in [-0.2, -0.15) is 0 Å². The first-order chi connectivity index (χ1) is 5.27. The first-order valence-corrected chi connectivity index (χ1v) is 5.19. The molecule has 0 spiro atoms. The molecular weight excluding hydrogens is 156 g/mol. The van der Waals surface area contributed by atoms with Crippen LogP contribution < -0.4 is 0 Å². The van der Waals surface area contributed by atoms with Crippen molar-refractivity contribution in [1.29, 1.82) is 0 Å². The van der Waals surface area contributed by atoms with Gasteiger partial charge in [-0.15, -0.1) is 0 Å². The summed E-state index contributed by atoms with van der Waals surface area (Å²) in [5.41, 5.74) is 0. The van der Waals surface area contributed by atoms with E-state index in [4.69, 9.17) is 9.84 Å². The molecule has 0 amide bonds. The zero-order valence-electron chi connectivity index (χ0n) is 7.05. The van der Waals surface area contributed by atoms with E-state index in [0.717, 1.165) is 23.3 Å². The van der Waals surface area contributed by atoms with Crippen LogP contribution in [0.3, 0.4) is 0 Å². The molecule has 0 aliphatic carbocycles. The Balaban J connectivity index is 2.43. The Hall–Kier alpha value is -0.123. The molecule has 1 heterocycles. The van der Waals surface area contributed by atoms with Crippen molar-refractivity contribution in [3.05, 3.63) is 12.2 Å². The van der Waals surface area contributed by atoms with Gasteiger partial charge in [-0.05, 0) is 19.3 Å². The van der Waals surface area contributed by atoms with Crippen LogP contribution in [0.5, 0.6) is 0 Å². The second-order valence-electron chi connectivity index (χ2n) is 3.20. The van der Waals surface area contributed by atoms with Gasteiger partial charge in [0.2, 0.25) is 0 Å². The van der Waals surface area contributed by atoms with Crippen LogP contribution in [0.1, 0.15) is 19.3 Å². The molecule has 1 N–H and O–H groups in total. The average Bonchev–Trinajstić information content (AvgIpc) is 2.03. The van der Waals surface area contributed by atoms with Gasteiger partial charge >= 0.3 is 0 Å². The molecule has 0 saturated carbocycles. The number of rotatable bonds is 2. The van der Waals surface area contributed by atoms with E-state index < -0.39 is 0 Å². The summed E-state index contributed by atoms with van der Waals surface area (Å²) >= 11 is 0. The summed E-state index contributed by atoms with van der Waals surface area (Å²) in [7, 11) is 1.02. The second-order valence-corrected chi connectivity index (χ2v) is 4.90. The molecule has 1 aliphatic rings. The topological polar surface area (TPSA) is 29.5 Å². The van der Waals surface area contributed by atoms with Crippen molar-refractivity contribution in [3.8, 4) is 0 Å². The summed E-state index contributed by atoms with van der Waals surface area (Å²) in [5.74, 6) is 0.